The van der Waals surface area contributed by atoms with Crippen molar-refractivity contribution in [1.82, 2.24) is 5.32 Å². The molecule has 0 bridgehead atoms. The molecule has 0 saturated carbocycles. The van der Waals surface area contributed by atoms with Crippen molar-refractivity contribution < 1.29 is 14.3 Å². The third-order valence-electron chi connectivity index (χ3n) is 3.41. The molecule has 4 heteroatoms. The van der Waals surface area contributed by atoms with Crippen LogP contribution in [0.15, 0.2) is 18.2 Å². The largest absolute Gasteiger partial charge is 0.497 e. The summed E-state index contributed by atoms with van der Waals surface area (Å²) in [7, 11) is 1.65. The second-order valence-corrected chi connectivity index (χ2v) is 5.36. The molecule has 18 heavy (non-hydrogen) atoms. The van der Waals surface area contributed by atoms with Crippen molar-refractivity contribution in [2.45, 2.75) is 26.8 Å². The first kappa shape index (κ1) is 12.7. The number of benzene rings is 1. The number of rotatable bonds is 2. The predicted molar refractivity (Wildman–Crippen MR) is 68.7 cm³/mol. The molecule has 1 atom stereocenters. The Hall–Kier alpha value is -1.71. The molecule has 1 heterocycles. The molecule has 0 radical (unpaired) electrons. The summed E-state index contributed by atoms with van der Waals surface area (Å²) >= 11 is 0. The van der Waals surface area contributed by atoms with E-state index in [1.54, 1.807) is 7.11 Å². The van der Waals surface area contributed by atoms with Gasteiger partial charge < -0.3 is 14.8 Å². The van der Waals surface area contributed by atoms with Gasteiger partial charge in [0.1, 0.15) is 12.4 Å². The van der Waals surface area contributed by atoms with Crippen LogP contribution in [0.1, 0.15) is 31.0 Å². The summed E-state index contributed by atoms with van der Waals surface area (Å²) in [4.78, 5) is 11.4. The third kappa shape index (κ3) is 2.28. The number of amides is 1. The van der Waals surface area contributed by atoms with Crippen molar-refractivity contribution in [2.24, 2.45) is 5.41 Å². The third-order valence-corrected chi connectivity index (χ3v) is 3.41. The van der Waals surface area contributed by atoms with Gasteiger partial charge in [-0.2, -0.15) is 0 Å². The van der Waals surface area contributed by atoms with Crippen LogP contribution < -0.4 is 10.1 Å². The zero-order valence-electron chi connectivity index (χ0n) is 11.2. The number of carbonyl (C=O) groups excluding carboxylic acids is 1. The van der Waals surface area contributed by atoms with Gasteiger partial charge in [-0.3, -0.25) is 0 Å². The first-order valence-corrected chi connectivity index (χ1v) is 6.02. The topological polar surface area (TPSA) is 47.6 Å². The second kappa shape index (κ2) is 4.52. The van der Waals surface area contributed by atoms with E-state index in [1.165, 1.54) is 0 Å². The Balaban J connectivity index is 2.37. The first-order valence-electron chi connectivity index (χ1n) is 6.02. The summed E-state index contributed by atoms with van der Waals surface area (Å²) in [6.07, 6.45) is -0.352. The Morgan fingerprint density at radius 3 is 2.78 bits per heavy atom. The molecule has 1 amide bonds. The maximum atomic E-state index is 11.4. The lowest BCUT2D eigenvalue weighted by molar-refractivity contribution is 0.0385. The lowest BCUT2D eigenvalue weighted by Crippen LogP contribution is -2.47. The van der Waals surface area contributed by atoms with Gasteiger partial charge in [0.25, 0.3) is 0 Å². The highest BCUT2D eigenvalue weighted by Crippen LogP contribution is 2.38. The Bertz CT molecular complexity index is 468. The minimum atomic E-state index is -0.352. The number of hydrogen-bond donors (Lipinski definition) is 1. The molecular weight excluding hydrogens is 230 g/mol. The van der Waals surface area contributed by atoms with Gasteiger partial charge in [-0.05, 0) is 30.2 Å². The fourth-order valence-electron chi connectivity index (χ4n) is 2.29. The van der Waals surface area contributed by atoms with Crippen LogP contribution in [0.25, 0.3) is 0 Å². The molecule has 1 aliphatic heterocycles. The van der Waals surface area contributed by atoms with Gasteiger partial charge in [0.15, 0.2) is 0 Å². The van der Waals surface area contributed by atoms with Crippen LogP contribution in [0.3, 0.4) is 0 Å². The quantitative estimate of drug-likeness (QED) is 0.876. The molecule has 4 nitrogen and oxygen atoms in total. The van der Waals surface area contributed by atoms with E-state index in [9.17, 15) is 4.79 Å². The van der Waals surface area contributed by atoms with Gasteiger partial charge in [-0.15, -0.1) is 0 Å². The van der Waals surface area contributed by atoms with Crippen molar-refractivity contribution in [1.29, 1.82) is 0 Å². The van der Waals surface area contributed by atoms with Crippen LogP contribution in [0, 0.1) is 12.3 Å². The molecular formula is C14H19NO3. The normalized spacial score (nSPS) is 22.0. The lowest BCUT2D eigenvalue weighted by Gasteiger charge is -2.39. The lowest BCUT2D eigenvalue weighted by atomic mass is 9.79. The Morgan fingerprint density at radius 1 is 1.44 bits per heavy atom. The van der Waals surface area contributed by atoms with Gasteiger partial charge in [0, 0.05) is 5.41 Å². The molecule has 1 saturated heterocycles. The molecule has 0 aromatic heterocycles. The Morgan fingerprint density at radius 2 is 2.17 bits per heavy atom. The molecule has 0 spiro atoms. The summed E-state index contributed by atoms with van der Waals surface area (Å²) in [5.74, 6) is 0.826. The standard InChI is InChI=1S/C14H19NO3/c1-9-7-10(17-4)5-6-11(9)12-14(2,3)8-18-13(16)15-12/h5-7,12H,8H2,1-4H3,(H,15,16)/t12-/m0/s1. The highest BCUT2D eigenvalue weighted by Gasteiger charge is 2.38. The fraction of sp³-hybridized carbons (Fsp3) is 0.500. The predicted octanol–water partition coefficient (Wildman–Crippen LogP) is 2.81. The minimum absolute atomic E-state index is 0.0374. The number of nitrogens with one attached hydrogen (secondary N) is 1. The van der Waals surface area contributed by atoms with Crippen LogP contribution in [0.5, 0.6) is 5.75 Å². The number of alkyl carbamates (subject to hydrolysis) is 1. The Labute approximate surface area is 107 Å². The molecule has 1 fully saturated rings. The smallest absolute Gasteiger partial charge is 0.407 e. The van der Waals surface area contributed by atoms with Crippen LogP contribution in [-0.4, -0.2) is 19.8 Å². The SMILES string of the molecule is COc1ccc([C@@H]2NC(=O)OCC2(C)C)c(C)c1. The number of hydrogen-bond acceptors (Lipinski definition) is 3. The summed E-state index contributed by atoms with van der Waals surface area (Å²) in [6.45, 7) is 6.62. The highest BCUT2D eigenvalue weighted by molar-refractivity contribution is 5.69. The molecule has 1 aliphatic rings. The van der Waals surface area contributed by atoms with Crippen molar-refractivity contribution >= 4 is 6.09 Å². The molecule has 0 aliphatic carbocycles. The fourth-order valence-corrected chi connectivity index (χ4v) is 2.29. The van der Waals surface area contributed by atoms with Crippen molar-refractivity contribution in [3.63, 3.8) is 0 Å². The summed E-state index contributed by atoms with van der Waals surface area (Å²) in [6, 6.07) is 5.86. The van der Waals surface area contributed by atoms with Crippen LogP contribution >= 0.6 is 0 Å². The van der Waals surface area contributed by atoms with Crippen LogP contribution in [0.4, 0.5) is 4.79 Å². The monoisotopic (exact) mass is 249 g/mol. The Kier molecular flexibility index (Phi) is 3.20. The van der Waals surface area contributed by atoms with E-state index in [0.29, 0.717) is 6.61 Å². The highest BCUT2D eigenvalue weighted by atomic mass is 16.6. The summed E-state index contributed by atoms with van der Waals surface area (Å²) < 4.78 is 10.3. The number of ether oxygens (including phenoxy) is 2. The van der Waals surface area contributed by atoms with Crippen molar-refractivity contribution in [3.8, 4) is 5.75 Å². The molecule has 1 N–H and O–H groups in total. The molecule has 2 rings (SSSR count). The average molecular weight is 249 g/mol. The maximum Gasteiger partial charge on any atom is 0.407 e. The van der Waals surface area contributed by atoms with E-state index in [4.69, 9.17) is 9.47 Å². The zero-order valence-corrected chi connectivity index (χ0v) is 11.2. The van der Waals surface area contributed by atoms with Crippen LogP contribution in [0.2, 0.25) is 0 Å². The van der Waals surface area contributed by atoms with E-state index >= 15 is 0 Å². The number of methoxy groups -OCH3 is 1. The molecule has 1 aromatic carbocycles. The van der Waals surface area contributed by atoms with Gasteiger partial charge >= 0.3 is 6.09 Å². The molecule has 1 aromatic rings. The van der Waals surface area contributed by atoms with Gasteiger partial charge in [-0.25, -0.2) is 4.79 Å². The van der Waals surface area contributed by atoms with Crippen molar-refractivity contribution in [3.05, 3.63) is 29.3 Å². The summed E-state index contributed by atoms with van der Waals surface area (Å²) in [5, 5.41) is 2.90. The van der Waals surface area contributed by atoms with E-state index in [-0.39, 0.29) is 17.6 Å². The van der Waals surface area contributed by atoms with E-state index in [0.717, 1.165) is 16.9 Å². The van der Waals surface area contributed by atoms with Gasteiger partial charge in [0.05, 0.1) is 13.2 Å². The molecule has 0 unspecified atom stereocenters. The van der Waals surface area contributed by atoms with E-state index in [2.05, 4.69) is 19.2 Å². The van der Waals surface area contributed by atoms with Crippen LogP contribution in [-0.2, 0) is 4.74 Å². The maximum absolute atomic E-state index is 11.4. The number of cyclic esters (lactones) is 1. The molecule has 98 valence electrons. The van der Waals surface area contributed by atoms with Crippen molar-refractivity contribution in [2.75, 3.05) is 13.7 Å². The van der Waals surface area contributed by atoms with Gasteiger partial charge in [-0.1, -0.05) is 19.9 Å². The van der Waals surface area contributed by atoms with Gasteiger partial charge in [0.2, 0.25) is 0 Å². The zero-order chi connectivity index (χ0) is 13.3. The van der Waals surface area contributed by atoms with E-state index < -0.39 is 0 Å². The average Bonchev–Trinajstić information content (AvgIpc) is 2.32. The van der Waals surface area contributed by atoms with E-state index in [1.807, 2.05) is 25.1 Å². The number of carbonyl (C=O) groups is 1. The second-order valence-electron chi connectivity index (χ2n) is 5.36. The summed E-state index contributed by atoms with van der Waals surface area (Å²) in [5.41, 5.74) is 2.08. The first-order chi connectivity index (χ1) is 8.44. The minimum Gasteiger partial charge on any atom is -0.497 e. The number of aryl methyl sites for hydroxylation is 1.